The Kier molecular flexibility index (Phi) is 7.53. The first kappa shape index (κ1) is 16.0. The number of methoxy groups -OCH3 is 1. The summed E-state index contributed by atoms with van der Waals surface area (Å²) < 4.78 is 9.86. The number of carbonyl (C=O) groups excluding carboxylic acids is 2. The maximum atomic E-state index is 11.2. The van der Waals surface area contributed by atoms with Crippen LogP contribution < -0.4 is 0 Å². The monoisotopic (exact) mass is 270 g/mol. The maximum Gasteiger partial charge on any atom is 0.309 e. The van der Waals surface area contributed by atoms with Crippen molar-refractivity contribution in [2.75, 3.05) is 7.11 Å². The molecule has 0 amide bonds. The molecule has 0 aromatic carbocycles. The van der Waals surface area contributed by atoms with Gasteiger partial charge in [-0.2, -0.15) is 0 Å². The zero-order valence-corrected chi connectivity index (χ0v) is 12.2. The Balaban J connectivity index is 1.87. The molecule has 0 aromatic heterocycles. The molecule has 0 unspecified atom stereocenters. The van der Waals surface area contributed by atoms with Gasteiger partial charge in [0.25, 0.3) is 0 Å². The molecule has 0 aromatic rings. The summed E-state index contributed by atoms with van der Waals surface area (Å²) in [5.74, 6) is -0.0618. The van der Waals surface area contributed by atoms with E-state index in [0.29, 0.717) is 6.42 Å². The van der Waals surface area contributed by atoms with Crippen molar-refractivity contribution in [3.8, 4) is 0 Å². The Morgan fingerprint density at radius 2 is 1.84 bits per heavy atom. The van der Waals surface area contributed by atoms with E-state index in [1.165, 1.54) is 20.0 Å². The third-order valence-electron chi connectivity index (χ3n) is 3.69. The highest BCUT2D eigenvalue weighted by Gasteiger charge is 2.30. The molecule has 4 nitrogen and oxygen atoms in total. The van der Waals surface area contributed by atoms with Gasteiger partial charge in [0.1, 0.15) is 6.10 Å². The number of esters is 2. The van der Waals surface area contributed by atoms with Gasteiger partial charge in [-0.3, -0.25) is 9.59 Å². The molecule has 2 atom stereocenters. The largest absolute Gasteiger partial charge is 0.469 e. The van der Waals surface area contributed by atoms with Crippen molar-refractivity contribution in [2.24, 2.45) is 5.92 Å². The molecule has 1 fully saturated rings. The highest BCUT2D eigenvalue weighted by molar-refractivity contribution is 5.74. The fourth-order valence-corrected chi connectivity index (χ4v) is 2.45. The van der Waals surface area contributed by atoms with Crippen LogP contribution in [0, 0.1) is 5.92 Å². The summed E-state index contributed by atoms with van der Waals surface area (Å²) >= 11 is 0. The van der Waals surface area contributed by atoms with Crippen molar-refractivity contribution in [3.63, 3.8) is 0 Å². The zero-order valence-electron chi connectivity index (χ0n) is 12.2. The van der Waals surface area contributed by atoms with Crippen LogP contribution in [-0.2, 0) is 19.1 Å². The van der Waals surface area contributed by atoms with Crippen molar-refractivity contribution in [1.29, 1.82) is 0 Å². The minimum atomic E-state index is -0.114. The van der Waals surface area contributed by atoms with E-state index in [0.717, 1.165) is 38.5 Å². The van der Waals surface area contributed by atoms with E-state index in [2.05, 4.69) is 4.74 Å². The zero-order chi connectivity index (χ0) is 14.1. The Labute approximate surface area is 115 Å². The first-order valence-corrected chi connectivity index (χ1v) is 7.40. The fourth-order valence-electron chi connectivity index (χ4n) is 2.45. The predicted molar refractivity (Wildman–Crippen MR) is 72.6 cm³/mol. The molecule has 0 N–H and O–H groups in total. The molecular formula is C15H26O4. The molecule has 1 rings (SSSR count). The second kappa shape index (κ2) is 8.94. The van der Waals surface area contributed by atoms with E-state index in [1.807, 2.05) is 6.92 Å². The lowest BCUT2D eigenvalue weighted by atomic mass is 10.0. The Bertz CT molecular complexity index is 288. The van der Waals surface area contributed by atoms with Gasteiger partial charge in [-0.05, 0) is 25.7 Å². The van der Waals surface area contributed by atoms with E-state index in [1.54, 1.807) is 0 Å². The molecule has 0 spiro atoms. The quantitative estimate of drug-likeness (QED) is 0.477. The molecule has 110 valence electrons. The number of cyclic esters (lactones) is 1. The topological polar surface area (TPSA) is 52.6 Å². The Hall–Kier alpha value is -1.06. The summed E-state index contributed by atoms with van der Waals surface area (Å²) in [4.78, 5) is 22.1. The molecule has 1 heterocycles. The summed E-state index contributed by atoms with van der Waals surface area (Å²) in [6.07, 6.45) is 9.25. The van der Waals surface area contributed by atoms with Crippen LogP contribution in [0.2, 0.25) is 0 Å². The number of carbonyl (C=O) groups is 2. The smallest absolute Gasteiger partial charge is 0.309 e. The van der Waals surface area contributed by atoms with Gasteiger partial charge in [0.2, 0.25) is 0 Å². The molecule has 0 saturated carbocycles. The molecule has 0 radical (unpaired) electrons. The van der Waals surface area contributed by atoms with E-state index in [9.17, 15) is 9.59 Å². The summed E-state index contributed by atoms with van der Waals surface area (Å²) in [5, 5.41) is 0. The lowest BCUT2D eigenvalue weighted by Crippen LogP contribution is -2.06. The van der Waals surface area contributed by atoms with Gasteiger partial charge < -0.3 is 9.47 Å². The van der Waals surface area contributed by atoms with Crippen molar-refractivity contribution in [3.05, 3.63) is 0 Å². The minimum Gasteiger partial charge on any atom is -0.469 e. The summed E-state index contributed by atoms with van der Waals surface area (Å²) in [7, 11) is 1.43. The van der Waals surface area contributed by atoms with E-state index in [-0.39, 0.29) is 24.0 Å². The average molecular weight is 270 g/mol. The van der Waals surface area contributed by atoms with Crippen LogP contribution in [0.25, 0.3) is 0 Å². The van der Waals surface area contributed by atoms with E-state index >= 15 is 0 Å². The molecule has 19 heavy (non-hydrogen) atoms. The number of ether oxygens (including phenoxy) is 2. The van der Waals surface area contributed by atoms with E-state index < -0.39 is 0 Å². The van der Waals surface area contributed by atoms with Gasteiger partial charge in [0.15, 0.2) is 0 Å². The van der Waals surface area contributed by atoms with Crippen LogP contribution in [-0.4, -0.2) is 25.2 Å². The van der Waals surface area contributed by atoms with E-state index in [4.69, 9.17) is 4.74 Å². The van der Waals surface area contributed by atoms with Crippen LogP contribution in [0.3, 0.4) is 0 Å². The summed E-state index contributed by atoms with van der Waals surface area (Å²) in [6, 6.07) is 0. The second-order valence-corrected chi connectivity index (χ2v) is 5.43. The third-order valence-corrected chi connectivity index (χ3v) is 3.69. The minimum absolute atomic E-state index is 0.0344. The second-order valence-electron chi connectivity index (χ2n) is 5.43. The fraction of sp³-hybridized carbons (Fsp3) is 0.867. The van der Waals surface area contributed by atoms with Crippen LogP contribution in [0.1, 0.15) is 64.7 Å². The maximum absolute atomic E-state index is 11.2. The van der Waals surface area contributed by atoms with Crippen molar-refractivity contribution < 1.29 is 19.1 Å². The molecular weight excluding hydrogens is 244 g/mol. The Morgan fingerprint density at radius 3 is 2.42 bits per heavy atom. The van der Waals surface area contributed by atoms with Crippen molar-refractivity contribution in [2.45, 2.75) is 70.8 Å². The molecule has 0 bridgehead atoms. The highest BCUT2D eigenvalue weighted by Crippen LogP contribution is 2.24. The number of unbranched alkanes of at least 4 members (excludes halogenated alkanes) is 5. The van der Waals surface area contributed by atoms with Gasteiger partial charge in [-0.15, -0.1) is 0 Å². The molecule has 1 saturated heterocycles. The van der Waals surface area contributed by atoms with Crippen LogP contribution in [0.4, 0.5) is 0 Å². The predicted octanol–water partition coefficient (Wildman–Crippen LogP) is 3.23. The normalized spacial score (nSPS) is 22.3. The highest BCUT2D eigenvalue weighted by atomic mass is 16.6. The number of hydrogen-bond donors (Lipinski definition) is 0. The first-order chi connectivity index (χ1) is 9.13. The third kappa shape index (κ3) is 6.60. The van der Waals surface area contributed by atoms with Gasteiger partial charge in [-0.1, -0.05) is 32.6 Å². The van der Waals surface area contributed by atoms with Gasteiger partial charge >= 0.3 is 11.9 Å². The van der Waals surface area contributed by atoms with Crippen molar-refractivity contribution in [1.82, 2.24) is 0 Å². The molecule has 4 heteroatoms. The summed E-state index contributed by atoms with van der Waals surface area (Å²) in [5.41, 5.74) is 0. The lowest BCUT2D eigenvalue weighted by Gasteiger charge is -2.08. The van der Waals surface area contributed by atoms with Gasteiger partial charge in [0.05, 0.1) is 13.0 Å². The lowest BCUT2D eigenvalue weighted by molar-refractivity contribution is -0.144. The first-order valence-electron chi connectivity index (χ1n) is 7.40. The SMILES string of the molecule is COC(=O)CCCCCCCC[C@H]1C[C@H](C)C(=O)O1. The Morgan fingerprint density at radius 1 is 1.21 bits per heavy atom. The number of hydrogen-bond acceptors (Lipinski definition) is 4. The van der Waals surface area contributed by atoms with Crippen LogP contribution >= 0.6 is 0 Å². The standard InChI is InChI=1S/C15H26O4/c1-12-11-13(19-15(12)17)9-7-5-3-4-6-8-10-14(16)18-2/h12-13H,3-11H2,1-2H3/t12-,13-/m0/s1. The summed E-state index contributed by atoms with van der Waals surface area (Å²) in [6.45, 7) is 1.93. The van der Waals surface area contributed by atoms with Crippen LogP contribution in [0.15, 0.2) is 0 Å². The number of rotatable bonds is 9. The van der Waals surface area contributed by atoms with Gasteiger partial charge in [0, 0.05) is 6.42 Å². The van der Waals surface area contributed by atoms with Gasteiger partial charge in [-0.25, -0.2) is 0 Å². The van der Waals surface area contributed by atoms with Crippen LogP contribution in [0.5, 0.6) is 0 Å². The van der Waals surface area contributed by atoms with Crippen molar-refractivity contribution >= 4 is 11.9 Å². The molecule has 1 aliphatic rings. The molecule has 0 aliphatic carbocycles. The molecule has 1 aliphatic heterocycles. The average Bonchev–Trinajstić information content (AvgIpc) is 2.71.